The first-order valence-corrected chi connectivity index (χ1v) is 7.74. The van der Waals surface area contributed by atoms with E-state index in [-0.39, 0.29) is 12.3 Å². The molecular formula is C15H18Cl2N2O2. The first-order valence-electron chi connectivity index (χ1n) is 6.99. The molecule has 1 atom stereocenters. The summed E-state index contributed by atoms with van der Waals surface area (Å²) < 4.78 is 0. The number of carbonyl (C=O) groups is 2. The van der Waals surface area contributed by atoms with E-state index < -0.39 is 5.91 Å². The molecule has 1 fully saturated rings. The van der Waals surface area contributed by atoms with Crippen LogP contribution in [0.3, 0.4) is 0 Å². The van der Waals surface area contributed by atoms with E-state index in [0.717, 1.165) is 25.9 Å². The van der Waals surface area contributed by atoms with Crippen LogP contribution in [-0.2, 0) is 9.59 Å². The number of hydrogen-bond acceptors (Lipinski definition) is 2. The molecule has 2 rings (SSSR count). The molecule has 6 heteroatoms. The summed E-state index contributed by atoms with van der Waals surface area (Å²) in [7, 11) is 0. The second-order valence-electron chi connectivity index (χ2n) is 5.41. The van der Waals surface area contributed by atoms with Gasteiger partial charge in [-0.2, -0.15) is 0 Å². The molecule has 0 saturated carbocycles. The maximum absolute atomic E-state index is 12.1. The van der Waals surface area contributed by atoms with Crippen molar-refractivity contribution in [1.82, 2.24) is 4.90 Å². The Labute approximate surface area is 134 Å². The Morgan fingerprint density at radius 3 is 2.62 bits per heavy atom. The molecule has 4 nitrogen and oxygen atoms in total. The number of anilines is 1. The van der Waals surface area contributed by atoms with Gasteiger partial charge in [0.1, 0.15) is 6.42 Å². The van der Waals surface area contributed by atoms with Crippen LogP contribution in [-0.4, -0.2) is 29.8 Å². The van der Waals surface area contributed by atoms with E-state index in [1.165, 1.54) is 0 Å². The van der Waals surface area contributed by atoms with Gasteiger partial charge in [0, 0.05) is 13.1 Å². The lowest BCUT2D eigenvalue weighted by Crippen LogP contribution is -2.40. The maximum Gasteiger partial charge on any atom is 0.233 e. The van der Waals surface area contributed by atoms with E-state index in [1.54, 1.807) is 23.1 Å². The number of carbonyl (C=O) groups excluding carboxylic acids is 2. The lowest BCUT2D eigenvalue weighted by atomic mass is 10.00. The van der Waals surface area contributed by atoms with Crippen molar-refractivity contribution in [2.24, 2.45) is 5.92 Å². The van der Waals surface area contributed by atoms with E-state index in [4.69, 9.17) is 23.2 Å². The van der Waals surface area contributed by atoms with Crippen LogP contribution >= 0.6 is 23.2 Å². The fraction of sp³-hybridized carbons (Fsp3) is 0.467. The number of amides is 2. The first-order chi connectivity index (χ1) is 9.97. The maximum atomic E-state index is 12.1. The average molecular weight is 329 g/mol. The van der Waals surface area contributed by atoms with Crippen molar-refractivity contribution in [2.45, 2.75) is 26.2 Å². The molecule has 0 bridgehead atoms. The second kappa shape index (κ2) is 7.14. The molecular weight excluding hydrogens is 311 g/mol. The fourth-order valence-electron chi connectivity index (χ4n) is 2.47. The van der Waals surface area contributed by atoms with Crippen LogP contribution in [0, 0.1) is 5.92 Å². The summed E-state index contributed by atoms with van der Waals surface area (Å²) in [6.07, 6.45) is 1.93. The molecule has 0 spiro atoms. The Balaban J connectivity index is 1.94. The van der Waals surface area contributed by atoms with E-state index in [0.29, 0.717) is 21.7 Å². The zero-order valence-corrected chi connectivity index (χ0v) is 13.4. The quantitative estimate of drug-likeness (QED) is 0.862. The summed E-state index contributed by atoms with van der Waals surface area (Å²) in [5, 5.41) is 3.32. The summed E-state index contributed by atoms with van der Waals surface area (Å²) in [4.78, 5) is 25.8. The molecule has 1 N–H and O–H groups in total. The van der Waals surface area contributed by atoms with Crippen molar-refractivity contribution >= 4 is 40.7 Å². The molecule has 1 saturated heterocycles. The van der Waals surface area contributed by atoms with Crippen LogP contribution in [0.5, 0.6) is 0 Å². The molecule has 0 radical (unpaired) electrons. The van der Waals surface area contributed by atoms with Gasteiger partial charge in [-0.15, -0.1) is 0 Å². The normalized spacial score (nSPS) is 18.4. The highest BCUT2D eigenvalue weighted by atomic mass is 35.5. The lowest BCUT2D eigenvalue weighted by Gasteiger charge is -2.30. The zero-order valence-electron chi connectivity index (χ0n) is 11.9. The van der Waals surface area contributed by atoms with Crippen LogP contribution in [0.25, 0.3) is 0 Å². The smallest absolute Gasteiger partial charge is 0.233 e. The van der Waals surface area contributed by atoms with Gasteiger partial charge < -0.3 is 10.2 Å². The zero-order chi connectivity index (χ0) is 15.4. The molecule has 21 heavy (non-hydrogen) atoms. The lowest BCUT2D eigenvalue weighted by molar-refractivity contribution is -0.136. The average Bonchev–Trinajstić information content (AvgIpc) is 2.43. The van der Waals surface area contributed by atoms with Gasteiger partial charge in [-0.1, -0.05) is 36.2 Å². The van der Waals surface area contributed by atoms with Crippen LogP contribution in [0.15, 0.2) is 18.2 Å². The van der Waals surface area contributed by atoms with Crippen molar-refractivity contribution in [1.29, 1.82) is 0 Å². The number of halogens is 2. The molecule has 1 aromatic carbocycles. The van der Waals surface area contributed by atoms with E-state index in [1.807, 2.05) is 0 Å². The topological polar surface area (TPSA) is 49.4 Å². The number of likely N-dealkylation sites (tertiary alicyclic amines) is 1. The minimum absolute atomic E-state index is 0.151. The van der Waals surface area contributed by atoms with Crippen molar-refractivity contribution in [2.75, 3.05) is 18.4 Å². The van der Waals surface area contributed by atoms with Crippen molar-refractivity contribution in [3.8, 4) is 0 Å². The second-order valence-corrected chi connectivity index (χ2v) is 6.22. The Bertz CT molecular complexity index is 528. The number of nitrogens with one attached hydrogen (secondary N) is 1. The van der Waals surface area contributed by atoms with Gasteiger partial charge in [-0.25, -0.2) is 0 Å². The van der Waals surface area contributed by atoms with Crippen LogP contribution in [0.1, 0.15) is 26.2 Å². The molecule has 1 aliphatic rings. The summed E-state index contributed by atoms with van der Waals surface area (Å²) in [6.45, 7) is 3.56. The predicted octanol–water partition coefficient (Wildman–Crippen LogP) is 3.58. The largest absolute Gasteiger partial charge is 0.342 e. The molecule has 114 valence electrons. The van der Waals surface area contributed by atoms with E-state index in [2.05, 4.69) is 12.2 Å². The van der Waals surface area contributed by atoms with Crippen molar-refractivity contribution < 1.29 is 9.59 Å². The van der Waals surface area contributed by atoms with Gasteiger partial charge >= 0.3 is 0 Å². The summed E-state index contributed by atoms with van der Waals surface area (Å²) >= 11 is 12.0. The highest BCUT2D eigenvalue weighted by Gasteiger charge is 2.23. The Morgan fingerprint density at radius 1 is 1.33 bits per heavy atom. The third-order valence-corrected chi connectivity index (χ3v) is 4.18. The van der Waals surface area contributed by atoms with E-state index in [9.17, 15) is 9.59 Å². The third-order valence-electron chi connectivity index (χ3n) is 3.55. The molecule has 2 amide bonds. The number of benzene rings is 1. The van der Waals surface area contributed by atoms with Gasteiger partial charge in [0.25, 0.3) is 0 Å². The number of hydrogen-bond donors (Lipinski definition) is 1. The predicted molar refractivity (Wildman–Crippen MR) is 84.7 cm³/mol. The summed E-state index contributed by atoms with van der Waals surface area (Å²) in [5.41, 5.74) is 0.352. The van der Waals surface area contributed by atoms with Crippen LogP contribution in [0.4, 0.5) is 5.69 Å². The molecule has 1 unspecified atom stereocenters. The van der Waals surface area contributed by atoms with Gasteiger partial charge in [0.05, 0.1) is 15.7 Å². The Kier molecular flexibility index (Phi) is 5.48. The molecule has 1 aromatic rings. The van der Waals surface area contributed by atoms with Crippen molar-refractivity contribution in [3.63, 3.8) is 0 Å². The van der Waals surface area contributed by atoms with Gasteiger partial charge in [0.2, 0.25) is 11.8 Å². The number of piperidine rings is 1. The number of para-hydroxylation sites is 1. The van der Waals surface area contributed by atoms with Gasteiger partial charge in [0.15, 0.2) is 0 Å². The number of rotatable bonds is 3. The third kappa shape index (κ3) is 4.35. The minimum atomic E-state index is -0.395. The Morgan fingerprint density at radius 2 is 2.00 bits per heavy atom. The van der Waals surface area contributed by atoms with Crippen molar-refractivity contribution in [3.05, 3.63) is 28.2 Å². The van der Waals surface area contributed by atoms with Gasteiger partial charge in [-0.3, -0.25) is 9.59 Å². The van der Waals surface area contributed by atoms with E-state index >= 15 is 0 Å². The standard InChI is InChI=1S/C15H18Cl2N2O2/c1-10-4-3-7-19(9-10)14(21)8-13(20)18-15-11(16)5-2-6-12(15)17/h2,5-6,10H,3-4,7-9H2,1H3,(H,18,20). The first kappa shape index (κ1) is 16.1. The molecule has 1 aliphatic heterocycles. The highest BCUT2D eigenvalue weighted by molar-refractivity contribution is 6.39. The molecule has 1 heterocycles. The van der Waals surface area contributed by atoms with Crippen LogP contribution in [0.2, 0.25) is 10.0 Å². The SMILES string of the molecule is CC1CCCN(C(=O)CC(=O)Nc2c(Cl)cccc2Cl)C1. The number of nitrogens with zero attached hydrogens (tertiary/aromatic N) is 1. The molecule has 0 aromatic heterocycles. The highest BCUT2D eigenvalue weighted by Crippen LogP contribution is 2.29. The Hall–Kier alpha value is -1.26. The summed E-state index contributed by atoms with van der Waals surface area (Å²) in [5.74, 6) is -0.0563. The summed E-state index contributed by atoms with van der Waals surface area (Å²) in [6, 6.07) is 4.97. The molecule has 0 aliphatic carbocycles. The monoisotopic (exact) mass is 328 g/mol. The minimum Gasteiger partial charge on any atom is -0.342 e. The van der Waals surface area contributed by atoms with Crippen LogP contribution < -0.4 is 5.32 Å². The fourth-order valence-corrected chi connectivity index (χ4v) is 2.96. The van der Waals surface area contributed by atoms with Gasteiger partial charge in [-0.05, 0) is 30.9 Å².